The Hall–Kier alpha value is -3.32. The fourth-order valence-electron chi connectivity index (χ4n) is 4.36. The number of rotatable bonds is 6. The molecule has 32 heavy (non-hydrogen) atoms. The maximum atomic E-state index is 12.8. The van der Waals surface area contributed by atoms with Gasteiger partial charge < -0.3 is 19.3 Å². The van der Waals surface area contributed by atoms with Gasteiger partial charge in [0.15, 0.2) is 23.0 Å². The summed E-state index contributed by atoms with van der Waals surface area (Å²) in [6.45, 7) is 3.68. The van der Waals surface area contributed by atoms with Crippen molar-refractivity contribution in [3.05, 3.63) is 65.9 Å². The summed E-state index contributed by atoms with van der Waals surface area (Å²) in [5, 5.41) is 7.06. The molecule has 3 heterocycles. The highest BCUT2D eigenvalue weighted by atomic mass is 16.6. The van der Waals surface area contributed by atoms with Gasteiger partial charge in [-0.05, 0) is 49.7 Å². The number of carbonyl (C=O) groups excluding carboxylic acids is 1. The molecule has 0 bridgehead atoms. The van der Waals surface area contributed by atoms with Crippen molar-refractivity contribution in [3.8, 4) is 22.8 Å². The number of amides is 1. The van der Waals surface area contributed by atoms with Crippen LogP contribution in [0.15, 0.2) is 59.1 Å². The fraction of sp³-hybridized carbons (Fsp3) is 0.360. The third-order valence-electron chi connectivity index (χ3n) is 6.04. The Kier molecular flexibility index (Phi) is 6.07. The van der Waals surface area contributed by atoms with Gasteiger partial charge in [-0.3, -0.25) is 9.69 Å². The molecule has 3 aromatic rings. The molecule has 2 aliphatic heterocycles. The van der Waals surface area contributed by atoms with Gasteiger partial charge in [0.05, 0.1) is 6.04 Å². The molecule has 2 aromatic carbocycles. The minimum atomic E-state index is -0.240. The second-order valence-electron chi connectivity index (χ2n) is 8.17. The molecule has 0 unspecified atom stereocenters. The summed E-state index contributed by atoms with van der Waals surface area (Å²) in [7, 11) is 0. The first-order chi connectivity index (χ1) is 15.8. The first-order valence-corrected chi connectivity index (χ1v) is 11.2. The third kappa shape index (κ3) is 4.48. The van der Waals surface area contributed by atoms with E-state index < -0.39 is 0 Å². The van der Waals surface area contributed by atoms with Crippen molar-refractivity contribution in [3.63, 3.8) is 0 Å². The zero-order valence-electron chi connectivity index (χ0n) is 18.0. The van der Waals surface area contributed by atoms with E-state index in [4.69, 9.17) is 14.0 Å². The quantitative estimate of drug-likeness (QED) is 0.632. The van der Waals surface area contributed by atoms with E-state index in [0.717, 1.165) is 18.7 Å². The molecular weight excluding hydrogens is 406 g/mol. The number of likely N-dealkylation sites (tertiary alicyclic amines) is 1. The van der Waals surface area contributed by atoms with Crippen LogP contribution in [0.2, 0.25) is 0 Å². The molecule has 0 spiro atoms. The van der Waals surface area contributed by atoms with Crippen LogP contribution in [0.4, 0.5) is 0 Å². The highest BCUT2D eigenvalue weighted by Crippen LogP contribution is 2.34. The molecule has 1 amide bonds. The first-order valence-electron chi connectivity index (χ1n) is 11.2. The van der Waals surface area contributed by atoms with E-state index in [1.165, 1.54) is 24.8 Å². The molecule has 5 rings (SSSR count). The van der Waals surface area contributed by atoms with Gasteiger partial charge >= 0.3 is 0 Å². The van der Waals surface area contributed by atoms with Crippen LogP contribution in [0.1, 0.15) is 41.4 Å². The molecule has 0 aliphatic carbocycles. The Morgan fingerprint density at radius 2 is 1.75 bits per heavy atom. The summed E-state index contributed by atoms with van der Waals surface area (Å²) < 4.78 is 16.6. The zero-order valence-corrected chi connectivity index (χ0v) is 18.0. The largest absolute Gasteiger partial charge is 0.486 e. The average molecular weight is 434 g/mol. The number of fused-ring (bicyclic) bond motifs is 1. The Labute approximate surface area is 187 Å². The lowest BCUT2D eigenvalue weighted by Gasteiger charge is -2.35. The fourth-order valence-corrected chi connectivity index (χ4v) is 4.36. The maximum Gasteiger partial charge on any atom is 0.273 e. The highest BCUT2D eigenvalue weighted by Gasteiger charge is 2.24. The van der Waals surface area contributed by atoms with Gasteiger partial charge in [0.1, 0.15) is 13.2 Å². The average Bonchev–Trinajstić information content (AvgIpc) is 3.36. The molecule has 1 N–H and O–H groups in total. The van der Waals surface area contributed by atoms with Crippen molar-refractivity contribution in [1.29, 1.82) is 0 Å². The van der Waals surface area contributed by atoms with Crippen molar-refractivity contribution in [1.82, 2.24) is 15.4 Å². The second kappa shape index (κ2) is 9.44. The van der Waals surface area contributed by atoms with E-state index >= 15 is 0 Å². The van der Waals surface area contributed by atoms with Gasteiger partial charge in [-0.1, -0.05) is 41.9 Å². The number of aromatic nitrogens is 1. The van der Waals surface area contributed by atoms with Crippen molar-refractivity contribution >= 4 is 5.91 Å². The molecule has 1 aromatic heterocycles. The van der Waals surface area contributed by atoms with E-state index in [1.807, 2.05) is 36.4 Å². The number of carbonyl (C=O) groups is 1. The van der Waals surface area contributed by atoms with Crippen LogP contribution in [0.3, 0.4) is 0 Å². The van der Waals surface area contributed by atoms with Gasteiger partial charge in [-0.25, -0.2) is 0 Å². The molecule has 7 heteroatoms. The molecule has 1 fully saturated rings. The molecule has 1 saturated heterocycles. The minimum absolute atomic E-state index is 0.143. The van der Waals surface area contributed by atoms with Gasteiger partial charge in [-0.2, -0.15) is 0 Å². The zero-order chi connectivity index (χ0) is 21.8. The molecular formula is C25H27N3O4. The molecule has 2 aliphatic rings. The standard InChI is InChI=1S/C25H27N3O4/c29-25(26-17-21(18-7-3-1-4-8-18)28-11-5-2-6-12-28)20-16-23(32-27-20)19-9-10-22-24(15-19)31-14-13-30-22/h1,3-4,7-10,15-16,21H,2,5-6,11-14,17H2,(H,26,29)/t21-/m0/s1. The monoisotopic (exact) mass is 433 g/mol. The Balaban J connectivity index is 1.28. The Morgan fingerprint density at radius 3 is 2.56 bits per heavy atom. The lowest BCUT2D eigenvalue weighted by atomic mass is 10.0. The van der Waals surface area contributed by atoms with Crippen LogP contribution in [0.5, 0.6) is 11.5 Å². The minimum Gasteiger partial charge on any atom is -0.486 e. The number of benzene rings is 2. The van der Waals surface area contributed by atoms with Crippen LogP contribution < -0.4 is 14.8 Å². The van der Waals surface area contributed by atoms with Crippen LogP contribution in [0, 0.1) is 0 Å². The number of nitrogens with zero attached hydrogens (tertiary/aromatic N) is 2. The lowest BCUT2D eigenvalue weighted by molar-refractivity contribution is 0.0915. The van der Waals surface area contributed by atoms with E-state index in [1.54, 1.807) is 6.07 Å². The summed E-state index contributed by atoms with van der Waals surface area (Å²) in [5.74, 6) is 1.66. The van der Waals surface area contributed by atoms with Gasteiger partial charge in [-0.15, -0.1) is 0 Å². The van der Waals surface area contributed by atoms with E-state index in [2.05, 4.69) is 27.5 Å². The Bertz CT molecular complexity index is 1060. The maximum absolute atomic E-state index is 12.8. The third-order valence-corrected chi connectivity index (χ3v) is 6.04. The van der Waals surface area contributed by atoms with Gasteiger partial charge in [0.2, 0.25) is 0 Å². The number of piperidine rings is 1. The van der Waals surface area contributed by atoms with E-state index in [9.17, 15) is 4.79 Å². The first kappa shape index (κ1) is 20.6. The number of nitrogens with one attached hydrogen (secondary N) is 1. The van der Waals surface area contributed by atoms with Crippen molar-refractivity contribution in [2.24, 2.45) is 0 Å². The summed E-state index contributed by atoms with van der Waals surface area (Å²) in [6, 6.07) is 17.7. The number of ether oxygens (including phenoxy) is 2. The van der Waals surface area contributed by atoms with Crippen molar-refractivity contribution in [2.75, 3.05) is 32.8 Å². The molecule has 166 valence electrons. The topological polar surface area (TPSA) is 76.8 Å². The van der Waals surface area contributed by atoms with Crippen LogP contribution in [0.25, 0.3) is 11.3 Å². The summed E-state index contributed by atoms with van der Waals surface area (Å²) >= 11 is 0. The highest BCUT2D eigenvalue weighted by molar-refractivity contribution is 5.93. The van der Waals surface area contributed by atoms with Crippen LogP contribution >= 0.6 is 0 Å². The molecule has 7 nitrogen and oxygen atoms in total. The number of hydrogen-bond donors (Lipinski definition) is 1. The normalized spacial score (nSPS) is 17.0. The van der Waals surface area contributed by atoms with Crippen molar-refractivity contribution in [2.45, 2.75) is 25.3 Å². The molecule has 0 radical (unpaired) electrons. The second-order valence-corrected chi connectivity index (χ2v) is 8.17. The predicted molar refractivity (Wildman–Crippen MR) is 120 cm³/mol. The van der Waals surface area contributed by atoms with Gasteiger partial charge in [0.25, 0.3) is 5.91 Å². The predicted octanol–water partition coefficient (Wildman–Crippen LogP) is 4.07. The number of hydrogen-bond acceptors (Lipinski definition) is 6. The van der Waals surface area contributed by atoms with E-state index in [-0.39, 0.29) is 17.6 Å². The summed E-state index contributed by atoms with van der Waals surface area (Å²) in [5.41, 5.74) is 2.27. The van der Waals surface area contributed by atoms with Crippen molar-refractivity contribution < 1.29 is 18.8 Å². The molecule has 1 atom stereocenters. The van der Waals surface area contributed by atoms with Crippen LogP contribution in [-0.2, 0) is 0 Å². The lowest BCUT2D eigenvalue weighted by Crippen LogP contribution is -2.40. The summed E-state index contributed by atoms with van der Waals surface area (Å²) in [6.07, 6.45) is 3.66. The van der Waals surface area contributed by atoms with Gasteiger partial charge in [0, 0.05) is 18.2 Å². The van der Waals surface area contributed by atoms with Crippen LogP contribution in [-0.4, -0.2) is 48.8 Å². The summed E-state index contributed by atoms with van der Waals surface area (Å²) in [4.78, 5) is 15.3. The smallest absolute Gasteiger partial charge is 0.273 e. The Morgan fingerprint density at radius 1 is 0.969 bits per heavy atom. The van der Waals surface area contributed by atoms with E-state index in [0.29, 0.717) is 37.0 Å². The molecule has 0 saturated carbocycles. The SMILES string of the molecule is O=C(NC[C@@H](c1ccccc1)N1CCCCC1)c1cc(-c2ccc3c(c2)OCCO3)on1.